The Morgan fingerprint density at radius 3 is 2.33 bits per heavy atom. The molecule has 0 bridgehead atoms. The third-order valence-electron chi connectivity index (χ3n) is 6.04. The number of benzene rings is 2. The van der Waals surface area contributed by atoms with E-state index in [0.717, 1.165) is 48.6 Å². The van der Waals surface area contributed by atoms with E-state index in [9.17, 15) is 0 Å². The molecule has 0 saturated carbocycles. The average Bonchev–Trinajstić information content (AvgIpc) is 3.41. The molecule has 1 saturated heterocycles. The Labute approximate surface area is 177 Å². The molecule has 0 radical (unpaired) electrons. The Kier molecular flexibility index (Phi) is 5.16. The predicted molar refractivity (Wildman–Crippen MR) is 121 cm³/mol. The molecule has 0 N–H and O–H groups in total. The van der Waals surface area contributed by atoms with E-state index in [-0.39, 0.29) is 0 Å². The molecule has 2 aromatic heterocycles. The van der Waals surface area contributed by atoms with Crippen molar-refractivity contribution in [3.63, 3.8) is 0 Å². The minimum absolute atomic E-state index is 0.476. The van der Waals surface area contributed by atoms with E-state index in [2.05, 4.69) is 76.1 Å². The number of rotatable bonds is 5. The molecular weight excluding hydrogens is 368 g/mol. The van der Waals surface area contributed by atoms with E-state index in [1.165, 1.54) is 11.4 Å². The van der Waals surface area contributed by atoms with Crippen molar-refractivity contribution in [1.29, 1.82) is 0 Å². The van der Waals surface area contributed by atoms with Crippen LogP contribution < -0.4 is 0 Å². The van der Waals surface area contributed by atoms with Crippen molar-refractivity contribution in [3.05, 3.63) is 96.6 Å². The molecule has 3 heterocycles. The fourth-order valence-corrected chi connectivity index (χ4v) is 4.43. The topological polar surface area (TPSA) is 34.0 Å². The molecule has 0 unspecified atom stereocenters. The highest BCUT2D eigenvalue weighted by Crippen LogP contribution is 2.30. The number of hydrogen-bond donors (Lipinski definition) is 0. The Morgan fingerprint density at radius 2 is 1.60 bits per heavy atom. The lowest BCUT2D eigenvalue weighted by molar-refractivity contribution is 0.325. The summed E-state index contributed by atoms with van der Waals surface area (Å²) in [5.74, 6) is 1.65. The second-order valence-electron chi connectivity index (χ2n) is 8.07. The molecule has 1 fully saturated rings. The van der Waals surface area contributed by atoms with Crippen molar-refractivity contribution in [3.8, 4) is 22.5 Å². The molecule has 150 valence electrons. The van der Waals surface area contributed by atoms with Gasteiger partial charge in [-0.1, -0.05) is 60.7 Å². The zero-order valence-electron chi connectivity index (χ0n) is 17.3. The highest BCUT2D eigenvalue weighted by atomic mass is 15.2. The van der Waals surface area contributed by atoms with Gasteiger partial charge in [-0.15, -0.1) is 0 Å². The zero-order valence-corrected chi connectivity index (χ0v) is 17.3. The molecule has 0 amide bonds. The SMILES string of the molecule is Cn1c(-c2ccc(-c3ccccc3)nc2)cnc1[C@H]1CCN(Cc2ccccc2)C1. The minimum atomic E-state index is 0.476. The Morgan fingerprint density at radius 1 is 0.833 bits per heavy atom. The average molecular weight is 395 g/mol. The highest BCUT2D eigenvalue weighted by Gasteiger charge is 2.27. The summed E-state index contributed by atoms with van der Waals surface area (Å²) >= 11 is 0. The molecule has 4 aromatic rings. The number of nitrogens with zero attached hydrogens (tertiary/aromatic N) is 4. The van der Waals surface area contributed by atoms with Crippen LogP contribution in [0, 0.1) is 0 Å². The van der Waals surface area contributed by atoms with Crippen LogP contribution in [0.15, 0.2) is 85.2 Å². The van der Waals surface area contributed by atoms with Crippen LogP contribution in [-0.2, 0) is 13.6 Å². The lowest BCUT2D eigenvalue weighted by atomic mass is 10.1. The molecule has 1 atom stereocenters. The van der Waals surface area contributed by atoms with Crippen molar-refractivity contribution in [2.45, 2.75) is 18.9 Å². The van der Waals surface area contributed by atoms with E-state index in [1.807, 2.05) is 30.6 Å². The Hall–Kier alpha value is -3.24. The molecule has 4 nitrogen and oxygen atoms in total. The van der Waals surface area contributed by atoms with Gasteiger partial charge in [0.2, 0.25) is 0 Å². The van der Waals surface area contributed by atoms with Crippen LogP contribution in [0.5, 0.6) is 0 Å². The molecule has 4 heteroatoms. The first kappa shape index (κ1) is 18.8. The third-order valence-corrected chi connectivity index (χ3v) is 6.04. The monoisotopic (exact) mass is 394 g/mol. The van der Waals surface area contributed by atoms with Gasteiger partial charge in [0.25, 0.3) is 0 Å². The van der Waals surface area contributed by atoms with Crippen LogP contribution in [0.1, 0.15) is 23.7 Å². The Balaban J connectivity index is 1.31. The van der Waals surface area contributed by atoms with Crippen LogP contribution in [0.25, 0.3) is 22.5 Å². The summed E-state index contributed by atoms with van der Waals surface area (Å²) in [6.07, 6.45) is 5.11. The third kappa shape index (κ3) is 3.79. The second kappa shape index (κ2) is 8.25. The van der Waals surface area contributed by atoms with E-state index >= 15 is 0 Å². The molecule has 2 aromatic carbocycles. The molecular formula is C26H26N4. The van der Waals surface area contributed by atoms with Gasteiger partial charge in [-0.2, -0.15) is 0 Å². The quantitative estimate of drug-likeness (QED) is 0.470. The predicted octanol–water partition coefficient (Wildman–Crippen LogP) is 5.14. The van der Waals surface area contributed by atoms with Crippen molar-refractivity contribution < 1.29 is 0 Å². The first-order valence-corrected chi connectivity index (χ1v) is 10.6. The number of pyridine rings is 1. The maximum Gasteiger partial charge on any atom is 0.113 e. The van der Waals surface area contributed by atoms with Gasteiger partial charge < -0.3 is 4.57 Å². The summed E-state index contributed by atoms with van der Waals surface area (Å²) in [6.45, 7) is 3.19. The van der Waals surface area contributed by atoms with E-state index < -0.39 is 0 Å². The highest BCUT2D eigenvalue weighted by molar-refractivity contribution is 5.64. The molecule has 0 spiro atoms. The van der Waals surface area contributed by atoms with E-state index in [1.54, 1.807) is 0 Å². The van der Waals surface area contributed by atoms with Crippen molar-refractivity contribution in [2.75, 3.05) is 13.1 Å². The fourth-order valence-electron chi connectivity index (χ4n) is 4.43. The summed E-state index contributed by atoms with van der Waals surface area (Å²) in [5.41, 5.74) is 5.74. The maximum atomic E-state index is 4.80. The standard InChI is InChI=1S/C26H26N4/c1-29-25(22-12-13-24(27-16-22)21-10-6-3-7-11-21)17-28-26(29)23-14-15-30(19-23)18-20-8-4-2-5-9-20/h2-13,16-17,23H,14-15,18-19H2,1H3/t23-/m0/s1. The molecule has 1 aliphatic rings. The van der Waals surface area contributed by atoms with Gasteiger partial charge in [-0.3, -0.25) is 9.88 Å². The van der Waals surface area contributed by atoms with Gasteiger partial charge in [0.15, 0.2) is 0 Å². The van der Waals surface area contributed by atoms with Crippen LogP contribution in [-0.4, -0.2) is 32.5 Å². The smallest absolute Gasteiger partial charge is 0.113 e. The lowest BCUT2D eigenvalue weighted by Gasteiger charge is -2.16. The summed E-state index contributed by atoms with van der Waals surface area (Å²) in [6, 6.07) is 25.2. The first-order valence-electron chi connectivity index (χ1n) is 10.6. The molecule has 30 heavy (non-hydrogen) atoms. The largest absolute Gasteiger partial charge is 0.331 e. The normalized spacial score (nSPS) is 16.8. The van der Waals surface area contributed by atoms with E-state index in [0.29, 0.717) is 5.92 Å². The number of imidazole rings is 1. The molecule has 1 aliphatic heterocycles. The Bertz CT molecular complexity index is 1100. The van der Waals surface area contributed by atoms with Gasteiger partial charge in [-0.25, -0.2) is 4.98 Å². The fraction of sp³-hybridized carbons (Fsp3) is 0.231. The van der Waals surface area contributed by atoms with Crippen LogP contribution >= 0.6 is 0 Å². The zero-order chi connectivity index (χ0) is 20.3. The van der Waals surface area contributed by atoms with Crippen LogP contribution in [0.3, 0.4) is 0 Å². The van der Waals surface area contributed by atoms with Crippen LogP contribution in [0.2, 0.25) is 0 Å². The summed E-state index contributed by atoms with van der Waals surface area (Å²) in [7, 11) is 2.13. The van der Waals surface area contributed by atoms with Gasteiger partial charge in [0.1, 0.15) is 5.82 Å². The van der Waals surface area contributed by atoms with Crippen molar-refractivity contribution >= 4 is 0 Å². The number of aromatic nitrogens is 3. The van der Waals surface area contributed by atoms with Crippen LogP contribution in [0.4, 0.5) is 0 Å². The first-order chi connectivity index (χ1) is 14.8. The molecule has 5 rings (SSSR count). The van der Waals surface area contributed by atoms with Gasteiger partial charge in [-0.05, 0) is 30.7 Å². The summed E-state index contributed by atoms with van der Waals surface area (Å²) in [4.78, 5) is 12.0. The second-order valence-corrected chi connectivity index (χ2v) is 8.07. The lowest BCUT2D eigenvalue weighted by Crippen LogP contribution is -2.20. The van der Waals surface area contributed by atoms with Gasteiger partial charge in [0, 0.05) is 43.4 Å². The number of hydrogen-bond acceptors (Lipinski definition) is 3. The number of likely N-dealkylation sites (tertiary alicyclic amines) is 1. The van der Waals surface area contributed by atoms with E-state index in [4.69, 9.17) is 4.98 Å². The summed E-state index contributed by atoms with van der Waals surface area (Å²) < 4.78 is 2.25. The van der Waals surface area contributed by atoms with Gasteiger partial charge >= 0.3 is 0 Å². The maximum absolute atomic E-state index is 4.80. The molecule has 0 aliphatic carbocycles. The summed E-state index contributed by atoms with van der Waals surface area (Å²) in [5, 5.41) is 0. The van der Waals surface area contributed by atoms with Crippen molar-refractivity contribution in [2.24, 2.45) is 7.05 Å². The van der Waals surface area contributed by atoms with Gasteiger partial charge in [0.05, 0.1) is 17.6 Å². The minimum Gasteiger partial charge on any atom is -0.331 e. The van der Waals surface area contributed by atoms with Crippen molar-refractivity contribution in [1.82, 2.24) is 19.4 Å².